The zero-order valence-corrected chi connectivity index (χ0v) is 11.9. The van der Waals surface area contributed by atoms with Crippen LogP contribution in [0, 0.1) is 5.92 Å². The molecule has 1 aliphatic heterocycles. The Morgan fingerprint density at radius 3 is 2.83 bits per heavy atom. The van der Waals surface area contributed by atoms with Crippen molar-refractivity contribution in [2.24, 2.45) is 5.92 Å². The molecule has 1 unspecified atom stereocenters. The molecule has 3 heteroatoms. The van der Waals surface area contributed by atoms with Crippen molar-refractivity contribution in [2.75, 3.05) is 38.6 Å². The van der Waals surface area contributed by atoms with Gasteiger partial charge in [-0.05, 0) is 51.4 Å². The quantitative estimate of drug-likeness (QED) is 0.814. The molecular formula is C15H25N3. The number of aryl methyl sites for hydroxylation is 1. The van der Waals surface area contributed by atoms with E-state index in [4.69, 9.17) is 0 Å². The number of aromatic nitrogens is 1. The van der Waals surface area contributed by atoms with Gasteiger partial charge in [-0.15, -0.1) is 0 Å². The van der Waals surface area contributed by atoms with E-state index in [-0.39, 0.29) is 0 Å². The third kappa shape index (κ3) is 3.45. The lowest BCUT2D eigenvalue weighted by atomic mass is 9.97. The minimum absolute atomic E-state index is 0.791. The van der Waals surface area contributed by atoms with Crippen LogP contribution in [-0.4, -0.2) is 43.6 Å². The molecule has 1 atom stereocenters. The predicted molar refractivity (Wildman–Crippen MR) is 77.1 cm³/mol. The van der Waals surface area contributed by atoms with Crippen LogP contribution in [0.1, 0.15) is 25.5 Å². The molecule has 0 aliphatic carbocycles. The summed E-state index contributed by atoms with van der Waals surface area (Å²) in [6, 6.07) is 4.38. The molecule has 0 spiro atoms. The number of piperidine rings is 1. The third-order valence-corrected chi connectivity index (χ3v) is 3.68. The minimum atomic E-state index is 0.791. The van der Waals surface area contributed by atoms with Crippen molar-refractivity contribution in [3.05, 3.63) is 24.0 Å². The number of hydrogen-bond acceptors (Lipinski definition) is 3. The summed E-state index contributed by atoms with van der Waals surface area (Å²) in [5, 5.41) is 0. The maximum atomic E-state index is 4.51. The van der Waals surface area contributed by atoms with Gasteiger partial charge in [-0.25, -0.2) is 0 Å². The molecule has 0 aromatic carbocycles. The number of anilines is 1. The van der Waals surface area contributed by atoms with Gasteiger partial charge in [-0.1, -0.05) is 6.92 Å². The molecule has 1 saturated heterocycles. The second kappa shape index (κ2) is 6.19. The van der Waals surface area contributed by atoms with Gasteiger partial charge >= 0.3 is 0 Å². The zero-order valence-electron chi connectivity index (χ0n) is 11.9. The first-order chi connectivity index (χ1) is 8.69. The van der Waals surface area contributed by atoms with Gasteiger partial charge in [-0.3, -0.25) is 4.98 Å². The minimum Gasteiger partial charge on any atom is -0.370 e. The Kier molecular flexibility index (Phi) is 4.59. The largest absolute Gasteiger partial charge is 0.370 e. The summed E-state index contributed by atoms with van der Waals surface area (Å²) in [7, 11) is 4.33. The molecule has 1 fully saturated rings. The van der Waals surface area contributed by atoms with Crippen LogP contribution < -0.4 is 4.90 Å². The number of rotatable bonds is 4. The van der Waals surface area contributed by atoms with E-state index in [9.17, 15) is 0 Å². The monoisotopic (exact) mass is 247 g/mol. The molecule has 0 saturated carbocycles. The molecule has 1 aliphatic rings. The highest BCUT2D eigenvalue weighted by molar-refractivity contribution is 5.45. The van der Waals surface area contributed by atoms with Crippen molar-refractivity contribution >= 4 is 5.69 Å². The fraction of sp³-hybridized carbons (Fsp3) is 0.667. The molecule has 0 radical (unpaired) electrons. The van der Waals surface area contributed by atoms with Gasteiger partial charge in [0, 0.05) is 25.3 Å². The maximum Gasteiger partial charge on any atom is 0.0553 e. The Balaban J connectivity index is 1.98. The van der Waals surface area contributed by atoms with Gasteiger partial charge in [0.05, 0.1) is 11.9 Å². The van der Waals surface area contributed by atoms with E-state index >= 15 is 0 Å². The van der Waals surface area contributed by atoms with Gasteiger partial charge in [0.2, 0.25) is 0 Å². The Bertz CT molecular complexity index is 359. The van der Waals surface area contributed by atoms with Gasteiger partial charge in [-0.2, -0.15) is 0 Å². The highest BCUT2D eigenvalue weighted by atomic mass is 15.2. The normalized spacial score (nSPS) is 20.4. The standard InChI is InChI=1S/C15H25N3/c1-4-14-7-8-15(10-16-14)18-9-5-6-13(12-18)11-17(2)3/h7-8,10,13H,4-6,9,11-12H2,1-3H3. The summed E-state index contributed by atoms with van der Waals surface area (Å²) < 4.78 is 0. The lowest BCUT2D eigenvalue weighted by Gasteiger charge is -2.35. The number of pyridine rings is 1. The molecule has 100 valence electrons. The first kappa shape index (κ1) is 13.3. The molecule has 18 heavy (non-hydrogen) atoms. The number of nitrogens with zero attached hydrogens (tertiary/aromatic N) is 3. The van der Waals surface area contributed by atoms with E-state index in [1.807, 2.05) is 6.20 Å². The highest BCUT2D eigenvalue weighted by Crippen LogP contribution is 2.23. The molecule has 1 aromatic rings. The first-order valence-electron chi connectivity index (χ1n) is 7.03. The molecule has 0 bridgehead atoms. The van der Waals surface area contributed by atoms with E-state index < -0.39 is 0 Å². The first-order valence-corrected chi connectivity index (χ1v) is 7.03. The highest BCUT2D eigenvalue weighted by Gasteiger charge is 2.20. The Labute approximate surface area is 111 Å². The summed E-state index contributed by atoms with van der Waals surface area (Å²) in [4.78, 5) is 9.29. The summed E-state index contributed by atoms with van der Waals surface area (Å²) in [5.41, 5.74) is 2.47. The van der Waals surface area contributed by atoms with Crippen molar-refractivity contribution < 1.29 is 0 Å². The predicted octanol–water partition coefficient (Wildman–Crippen LogP) is 2.42. The zero-order chi connectivity index (χ0) is 13.0. The maximum absolute atomic E-state index is 4.51. The smallest absolute Gasteiger partial charge is 0.0553 e. The lowest BCUT2D eigenvalue weighted by molar-refractivity contribution is 0.292. The van der Waals surface area contributed by atoms with Crippen LogP contribution >= 0.6 is 0 Å². The van der Waals surface area contributed by atoms with Crippen molar-refractivity contribution in [3.8, 4) is 0 Å². The fourth-order valence-corrected chi connectivity index (χ4v) is 2.78. The fourth-order valence-electron chi connectivity index (χ4n) is 2.78. The van der Waals surface area contributed by atoms with Crippen LogP contribution in [0.2, 0.25) is 0 Å². The van der Waals surface area contributed by atoms with Crippen LogP contribution in [0.3, 0.4) is 0 Å². The van der Waals surface area contributed by atoms with Crippen molar-refractivity contribution in [1.29, 1.82) is 0 Å². The van der Waals surface area contributed by atoms with E-state index in [0.717, 1.165) is 12.3 Å². The van der Waals surface area contributed by atoms with E-state index in [1.54, 1.807) is 0 Å². The van der Waals surface area contributed by atoms with Gasteiger partial charge in [0.15, 0.2) is 0 Å². The molecule has 0 amide bonds. The number of hydrogen-bond donors (Lipinski definition) is 0. The van der Waals surface area contributed by atoms with E-state index in [2.05, 4.69) is 47.9 Å². The Hall–Kier alpha value is -1.09. The van der Waals surface area contributed by atoms with Gasteiger partial charge in [0.1, 0.15) is 0 Å². The second-order valence-electron chi connectivity index (χ2n) is 5.58. The van der Waals surface area contributed by atoms with Crippen LogP contribution in [0.4, 0.5) is 5.69 Å². The summed E-state index contributed by atoms with van der Waals surface area (Å²) in [5.74, 6) is 0.791. The Morgan fingerprint density at radius 2 is 2.22 bits per heavy atom. The summed E-state index contributed by atoms with van der Waals surface area (Å²) in [6.45, 7) is 5.69. The topological polar surface area (TPSA) is 19.4 Å². The second-order valence-corrected chi connectivity index (χ2v) is 5.58. The lowest BCUT2D eigenvalue weighted by Crippen LogP contribution is -2.39. The van der Waals surface area contributed by atoms with Gasteiger partial charge in [0.25, 0.3) is 0 Å². The van der Waals surface area contributed by atoms with Gasteiger partial charge < -0.3 is 9.80 Å². The molecule has 3 nitrogen and oxygen atoms in total. The molecule has 2 heterocycles. The SMILES string of the molecule is CCc1ccc(N2CCCC(CN(C)C)C2)cn1. The third-order valence-electron chi connectivity index (χ3n) is 3.68. The van der Waals surface area contributed by atoms with E-state index in [1.165, 1.54) is 43.9 Å². The molecule has 2 rings (SSSR count). The summed E-state index contributed by atoms with van der Waals surface area (Å²) in [6.07, 6.45) is 5.71. The van der Waals surface area contributed by atoms with Crippen molar-refractivity contribution in [3.63, 3.8) is 0 Å². The van der Waals surface area contributed by atoms with Crippen molar-refractivity contribution in [2.45, 2.75) is 26.2 Å². The van der Waals surface area contributed by atoms with Crippen LogP contribution in [-0.2, 0) is 6.42 Å². The molecule has 0 N–H and O–H groups in total. The van der Waals surface area contributed by atoms with E-state index in [0.29, 0.717) is 0 Å². The van der Waals surface area contributed by atoms with Crippen LogP contribution in [0.25, 0.3) is 0 Å². The average molecular weight is 247 g/mol. The average Bonchev–Trinajstić information content (AvgIpc) is 2.38. The molecule has 1 aromatic heterocycles. The molecular weight excluding hydrogens is 222 g/mol. The van der Waals surface area contributed by atoms with Crippen molar-refractivity contribution in [1.82, 2.24) is 9.88 Å². The summed E-state index contributed by atoms with van der Waals surface area (Å²) >= 11 is 0. The Morgan fingerprint density at radius 1 is 1.39 bits per heavy atom. The van der Waals surface area contributed by atoms with Crippen LogP contribution in [0.5, 0.6) is 0 Å². The van der Waals surface area contributed by atoms with Crippen LogP contribution in [0.15, 0.2) is 18.3 Å².